The second kappa shape index (κ2) is 7.67. The van der Waals surface area contributed by atoms with Gasteiger partial charge >= 0.3 is 0 Å². The van der Waals surface area contributed by atoms with Gasteiger partial charge in [-0.3, -0.25) is 14.9 Å². The molecule has 0 spiro atoms. The SMILES string of the molecule is CCc1nc2ccc(Br)cc2c(=O)n1N=Cc1cc([N+](=O)[O-])ccc1OC. The van der Waals surface area contributed by atoms with Gasteiger partial charge in [0.15, 0.2) is 0 Å². The van der Waals surface area contributed by atoms with E-state index in [1.165, 1.54) is 36.2 Å². The lowest BCUT2D eigenvalue weighted by atomic mass is 10.2. The number of hydrogen-bond donors (Lipinski definition) is 0. The number of halogens is 1. The van der Waals surface area contributed by atoms with E-state index < -0.39 is 4.92 Å². The minimum atomic E-state index is -0.504. The first-order valence-corrected chi connectivity index (χ1v) is 8.82. The Labute approximate surface area is 162 Å². The predicted molar refractivity (Wildman–Crippen MR) is 106 cm³/mol. The predicted octanol–water partition coefficient (Wildman–Crippen LogP) is 3.52. The van der Waals surface area contributed by atoms with Crippen molar-refractivity contribution in [2.45, 2.75) is 13.3 Å². The van der Waals surface area contributed by atoms with Crippen molar-refractivity contribution in [1.29, 1.82) is 0 Å². The first kappa shape index (κ1) is 18.7. The van der Waals surface area contributed by atoms with E-state index >= 15 is 0 Å². The van der Waals surface area contributed by atoms with Crippen molar-refractivity contribution >= 4 is 38.7 Å². The molecular weight excluding hydrogens is 416 g/mol. The summed E-state index contributed by atoms with van der Waals surface area (Å²) >= 11 is 3.35. The van der Waals surface area contributed by atoms with Crippen LogP contribution in [0.25, 0.3) is 10.9 Å². The standard InChI is InChI=1S/C18H15BrN4O4/c1-3-17-21-15-6-4-12(19)9-14(15)18(24)22(17)20-10-11-8-13(23(25)26)5-7-16(11)27-2/h4-10H,3H2,1-2H3. The summed E-state index contributed by atoms with van der Waals surface area (Å²) in [5.74, 6) is 0.891. The molecule has 9 heteroatoms. The number of non-ortho nitro benzene ring substituents is 1. The molecule has 0 amide bonds. The fourth-order valence-corrected chi connectivity index (χ4v) is 2.96. The van der Waals surface area contributed by atoms with Gasteiger partial charge in [-0.15, -0.1) is 0 Å². The highest BCUT2D eigenvalue weighted by Crippen LogP contribution is 2.22. The van der Waals surface area contributed by atoms with Crippen LogP contribution in [0.4, 0.5) is 5.69 Å². The smallest absolute Gasteiger partial charge is 0.282 e. The van der Waals surface area contributed by atoms with Crippen LogP contribution in [0.3, 0.4) is 0 Å². The Hall–Kier alpha value is -3.07. The van der Waals surface area contributed by atoms with E-state index in [1.54, 1.807) is 12.1 Å². The van der Waals surface area contributed by atoms with Crippen LogP contribution in [0, 0.1) is 10.1 Å². The van der Waals surface area contributed by atoms with E-state index in [2.05, 4.69) is 26.0 Å². The van der Waals surface area contributed by atoms with Crippen LogP contribution in [-0.4, -0.2) is 27.9 Å². The number of fused-ring (bicyclic) bond motifs is 1. The molecule has 2 aromatic carbocycles. The minimum absolute atomic E-state index is 0.0964. The Kier molecular flexibility index (Phi) is 5.31. The zero-order valence-corrected chi connectivity index (χ0v) is 16.1. The fraction of sp³-hybridized carbons (Fsp3) is 0.167. The second-order valence-electron chi connectivity index (χ2n) is 5.59. The Morgan fingerprint density at radius 1 is 1.33 bits per heavy atom. The largest absolute Gasteiger partial charge is 0.496 e. The molecule has 138 valence electrons. The molecule has 0 bridgehead atoms. The highest BCUT2D eigenvalue weighted by atomic mass is 79.9. The minimum Gasteiger partial charge on any atom is -0.496 e. The van der Waals surface area contributed by atoms with Gasteiger partial charge in [-0.05, 0) is 24.3 Å². The summed E-state index contributed by atoms with van der Waals surface area (Å²) in [5.41, 5.74) is 0.550. The van der Waals surface area contributed by atoms with Crippen LogP contribution in [-0.2, 0) is 6.42 Å². The quantitative estimate of drug-likeness (QED) is 0.350. The molecule has 0 aliphatic carbocycles. The molecular formula is C18H15BrN4O4. The lowest BCUT2D eigenvalue weighted by molar-refractivity contribution is -0.384. The first-order valence-electron chi connectivity index (χ1n) is 8.02. The monoisotopic (exact) mass is 430 g/mol. The van der Waals surface area contributed by atoms with Crippen molar-refractivity contribution in [2.75, 3.05) is 7.11 Å². The molecule has 0 aliphatic rings. The Bertz CT molecular complexity index is 1120. The van der Waals surface area contributed by atoms with Crippen LogP contribution in [0.15, 0.2) is 50.8 Å². The number of methoxy groups -OCH3 is 1. The molecule has 1 heterocycles. The Morgan fingerprint density at radius 2 is 2.11 bits per heavy atom. The molecule has 3 aromatic rings. The van der Waals surface area contributed by atoms with Crippen molar-refractivity contribution in [3.05, 3.63) is 72.7 Å². The van der Waals surface area contributed by atoms with Crippen LogP contribution in [0.2, 0.25) is 0 Å². The number of nitro groups is 1. The molecule has 0 saturated carbocycles. The van der Waals surface area contributed by atoms with Crippen molar-refractivity contribution in [3.8, 4) is 5.75 Å². The van der Waals surface area contributed by atoms with Gasteiger partial charge < -0.3 is 4.74 Å². The lowest BCUT2D eigenvalue weighted by Crippen LogP contribution is -2.22. The summed E-state index contributed by atoms with van der Waals surface area (Å²) < 4.78 is 7.18. The van der Waals surface area contributed by atoms with Gasteiger partial charge in [0.2, 0.25) is 0 Å². The molecule has 0 aliphatic heterocycles. The van der Waals surface area contributed by atoms with Crippen molar-refractivity contribution in [1.82, 2.24) is 9.66 Å². The van der Waals surface area contributed by atoms with Crippen LogP contribution >= 0.6 is 15.9 Å². The average Bonchev–Trinajstić information content (AvgIpc) is 2.67. The number of ether oxygens (including phenoxy) is 1. The summed E-state index contributed by atoms with van der Waals surface area (Å²) in [6.07, 6.45) is 1.85. The lowest BCUT2D eigenvalue weighted by Gasteiger charge is -2.08. The summed E-state index contributed by atoms with van der Waals surface area (Å²) in [6, 6.07) is 9.43. The van der Waals surface area contributed by atoms with E-state index in [1.807, 2.05) is 13.0 Å². The third-order valence-corrected chi connectivity index (χ3v) is 4.42. The summed E-state index contributed by atoms with van der Waals surface area (Å²) in [4.78, 5) is 27.9. The van der Waals surface area contributed by atoms with E-state index in [4.69, 9.17) is 4.74 Å². The average molecular weight is 431 g/mol. The zero-order chi connectivity index (χ0) is 19.6. The fourth-order valence-electron chi connectivity index (χ4n) is 2.60. The van der Waals surface area contributed by atoms with E-state index in [-0.39, 0.29) is 11.2 Å². The maximum absolute atomic E-state index is 12.9. The molecule has 0 N–H and O–H groups in total. The third-order valence-electron chi connectivity index (χ3n) is 3.93. The van der Waals surface area contributed by atoms with Gasteiger partial charge in [0.25, 0.3) is 11.2 Å². The molecule has 3 rings (SSSR count). The van der Waals surface area contributed by atoms with Crippen LogP contribution in [0.5, 0.6) is 5.75 Å². The molecule has 8 nitrogen and oxygen atoms in total. The highest BCUT2D eigenvalue weighted by molar-refractivity contribution is 9.10. The first-order chi connectivity index (χ1) is 12.9. The Morgan fingerprint density at radius 3 is 2.78 bits per heavy atom. The third kappa shape index (κ3) is 3.72. The van der Waals surface area contributed by atoms with Crippen molar-refractivity contribution in [3.63, 3.8) is 0 Å². The summed E-state index contributed by atoms with van der Waals surface area (Å²) in [7, 11) is 1.46. The summed E-state index contributed by atoms with van der Waals surface area (Å²) in [6.45, 7) is 1.87. The van der Waals surface area contributed by atoms with E-state index in [9.17, 15) is 14.9 Å². The van der Waals surface area contributed by atoms with Crippen molar-refractivity contribution in [2.24, 2.45) is 5.10 Å². The molecule has 0 atom stereocenters. The van der Waals surface area contributed by atoms with Gasteiger partial charge in [-0.25, -0.2) is 4.98 Å². The van der Waals surface area contributed by atoms with Gasteiger partial charge in [0.1, 0.15) is 11.6 Å². The maximum Gasteiger partial charge on any atom is 0.282 e. The molecule has 27 heavy (non-hydrogen) atoms. The molecule has 1 aromatic heterocycles. The maximum atomic E-state index is 12.9. The molecule has 0 fully saturated rings. The Balaban J connectivity index is 2.16. The highest BCUT2D eigenvalue weighted by Gasteiger charge is 2.12. The van der Waals surface area contributed by atoms with Crippen molar-refractivity contribution < 1.29 is 9.66 Å². The van der Waals surface area contributed by atoms with E-state index in [0.29, 0.717) is 34.5 Å². The molecule has 0 radical (unpaired) electrons. The number of hydrogen-bond acceptors (Lipinski definition) is 6. The number of nitro benzene ring substituents is 1. The number of rotatable bonds is 5. The number of aryl methyl sites for hydroxylation is 1. The number of benzene rings is 2. The van der Waals surface area contributed by atoms with Crippen LogP contribution in [0.1, 0.15) is 18.3 Å². The van der Waals surface area contributed by atoms with Gasteiger partial charge in [-0.1, -0.05) is 22.9 Å². The van der Waals surface area contributed by atoms with Gasteiger partial charge in [-0.2, -0.15) is 9.78 Å². The van der Waals surface area contributed by atoms with Crippen LogP contribution < -0.4 is 10.3 Å². The second-order valence-corrected chi connectivity index (χ2v) is 6.50. The van der Waals surface area contributed by atoms with Gasteiger partial charge in [0.05, 0.1) is 29.2 Å². The summed E-state index contributed by atoms with van der Waals surface area (Å²) in [5, 5.41) is 15.7. The number of aromatic nitrogens is 2. The normalized spacial score (nSPS) is 11.2. The molecule has 0 unspecified atom stereocenters. The molecule has 0 saturated heterocycles. The van der Waals surface area contributed by atoms with E-state index in [0.717, 1.165) is 4.47 Å². The topological polar surface area (TPSA) is 99.6 Å². The number of nitrogens with zero attached hydrogens (tertiary/aromatic N) is 4. The van der Waals surface area contributed by atoms with Gasteiger partial charge in [0, 0.05) is 28.6 Å². The zero-order valence-electron chi connectivity index (χ0n) is 14.5.